The first-order valence-electron chi connectivity index (χ1n) is 5.99. The summed E-state index contributed by atoms with van der Waals surface area (Å²) in [5.74, 6) is 0. The molecular formula is C12H19N5S. The van der Waals surface area contributed by atoms with Crippen LogP contribution in [0, 0.1) is 0 Å². The first kappa shape index (κ1) is 13.2. The highest BCUT2D eigenvalue weighted by Crippen LogP contribution is 2.37. The minimum Gasteiger partial charge on any atom is -0.326 e. The largest absolute Gasteiger partial charge is 0.326 e. The molecule has 0 spiro atoms. The number of aryl methyl sites for hydroxylation is 2. The molecule has 0 aliphatic heterocycles. The predicted molar refractivity (Wildman–Crippen MR) is 73.3 cm³/mol. The Kier molecular flexibility index (Phi) is 4.08. The molecule has 0 saturated heterocycles. The van der Waals surface area contributed by atoms with E-state index in [4.69, 9.17) is 5.73 Å². The zero-order valence-corrected chi connectivity index (χ0v) is 11.8. The zero-order valence-electron chi connectivity index (χ0n) is 10.9. The molecule has 0 fully saturated rings. The van der Waals surface area contributed by atoms with Crippen molar-refractivity contribution in [1.29, 1.82) is 0 Å². The maximum atomic E-state index is 6.23. The molecule has 0 radical (unpaired) electrons. The molecule has 18 heavy (non-hydrogen) atoms. The fourth-order valence-corrected chi connectivity index (χ4v) is 3.05. The molecule has 2 unspecified atom stereocenters. The lowest BCUT2D eigenvalue weighted by Gasteiger charge is -2.20. The van der Waals surface area contributed by atoms with E-state index in [1.807, 2.05) is 43.6 Å². The second-order valence-electron chi connectivity index (χ2n) is 4.41. The first-order chi connectivity index (χ1) is 8.60. The van der Waals surface area contributed by atoms with E-state index in [0.29, 0.717) is 0 Å². The summed E-state index contributed by atoms with van der Waals surface area (Å²) in [6.45, 7) is 2.11. The summed E-state index contributed by atoms with van der Waals surface area (Å²) in [7, 11) is 3.84. The van der Waals surface area contributed by atoms with Crippen LogP contribution in [0.3, 0.4) is 0 Å². The van der Waals surface area contributed by atoms with Gasteiger partial charge in [0.2, 0.25) is 0 Å². The van der Waals surface area contributed by atoms with Crippen LogP contribution >= 0.6 is 11.8 Å². The molecule has 0 bridgehead atoms. The van der Waals surface area contributed by atoms with Gasteiger partial charge in [0.05, 0.1) is 17.6 Å². The fraction of sp³-hybridized carbons (Fsp3) is 0.500. The van der Waals surface area contributed by atoms with Gasteiger partial charge in [0.15, 0.2) is 0 Å². The Bertz CT molecular complexity index is 504. The van der Waals surface area contributed by atoms with Crippen molar-refractivity contribution in [2.45, 2.75) is 29.5 Å². The monoisotopic (exact) mass is 265 g/mol. The lowest BCUT2D eigenvalue weighted by molar-refractivity contribution is 0.633. The molecule has 0 aliphatic rings. The van der Waals surface area contributed by atoms with Crippen LogP contribution in [0.5, 0.6) is 0 Å². The van der Waals surface area contributed by atoms with Crippen molar-refractivity contribution in [3.63, 3.8) is 0 Å². The minimum atomic E-state index is 0.111. The number of hydrogen-bond donors (Lipinski definition) is 1. The summed E-state index contributed by atoms with van der Waals surface area (Å²) in [6.07, 6.45) is 8.74. The van der Waals surface area contributed by atoms with Crippen molar-refractivity contribution < 1.29 is 0 Å². The maximum Gasteiger partial charge on any atom is 0.0626 e. The fourth-order valence-electron chi connectivity index (χ4n) is 1.81. The highest BCUT2D eigenvalue weighted by Gasteiger charge is 2.21. The van der Waals surface area contributed by atoms with Crippen LogP contribution in [0.4, 0.5) is 0 Å². The van der Waals surface area contributed by atoms with Gasteiger partial charge in [-0.1, -0.05) is 6.92 Å². The van der Waals surface area contributed by atoms with Crippen LogP contribution in [-0.4, -0.2) is 25.6 Å². The Labute approximate surface area is 111 Å². The van der Waals surface area contributed by atoms with Crippen LogP contribution in [0.2, 0.25) is 0 Å². The van der Waals surface area contributed by atoms with E-state index in [-0.39, 0.29) is 11.3 Å². The molecule has 0 aliphatic carbocycles. The van der Waals surface area contributed by atoms with Gasteiger partial charge in [0.1, 0.15) is 0 Å². The number of rotatable bonds is 5. The summed E-state index contributed by atoms with van der Waals surface area (Å²) in [5.41, 5.74) is 7.40. The summed E-state index contributed by atoms with van der Waals surface area (Å²) in [5, 5.41) is 8.63. The Balaban J connectivity index is 2.20. The Hall–Kier alpha value is -1.27. The lowest BCUT2D eigenvalue weighted by Crippen LogP contribution is -2.25. The number of thioether (sulfide) groups is 1. The van der Waals surface area contributed by atoms with E-state index in [0.717, 1.165) is 11.3 Å². The molecule has 0 amide bonds. The van der Waals surface area contributed by atoms with Crippen LogP contribution in [-0.2, 0) is 14.1 Å². The molecule has 98 valence electrons. The van der Waals surface area contributed by atoms with Gasteiger partial charge >= 0.3 is 0 Å². The summed E-state index contributed by atoms with van der Waals surface area (Å²) in [4.78, 5) is 1.13. The van der Waals surface area contributed by atoms with Gasteiger partial charge in [0, 0.05) is 43.0 Å². The minimum absolute atomic E-state index is 0.111. The molecule has 0 saturated carbocycles. The van der Waals surface area contributed by atoms with Gasteiger partial charge in [0.25, 0.3) is 0 Å². The van der Waals surface area contributed by atoms with Gasteiger partial charge in [-0.3, -0.25) is 9.36 Å². The topological polar surface area (TPSA) is 61.7 Å². The predicted octanol–water partition coefficient (Wildman–Crippen LogP) is 1.72. The maximum absolute atomic E-state index is 6.23. The molecule has 5 nitrogen and oxygen atoms in total. The van der Waals surface area contributed by atoms with Crippen molar-refractivity contribution in [2.75, 3.05) is 0 Å². The van der Waals surface area contributed by atoms with Gasteiger partial charge < -0.3 is 5.73 Å². The third-order valence-corrected chi connectivity index (χ3v) is 4.22. The highest BCUT2D eigenvalue weighted by atomic mass is 32.2. The zero-order chi connectivity index (χ0) is 13.1. The SMILES string of the molecule is CCC(N)C(Sc1cnn(C)c1)c1cnn(C)c1. The highest BCUT2D eigenvalue weighted by molar-refractivity contribution is 7.99. The van der Waals surface area contributed by atoms with Crippen molar-refractivity contribution in [1.82, 2.24) is 19.6 Å². The van der Waals surface area contributed by atoms with Crippen LogP contribution in [0.25, 0.3) is 0 Å². The molecule has 2 rings (SSSR count). The molecule has 2 atom stereocenters. The molecule has 2 heterocycles. The Morgan fingerprint density at radius 1 is 1.22 bits per heavy atom. The molecule has 2 N–H and O–H groups in total. The molecular weight excluding hydrogens is 246 g/mol. The van der Waals surface area contributed by atoms with Crippen molar-refractivity contribution in [3.8, 4) is 0 Å². The van der Waals surface area contributed by atoms with E-state index >= 15 is 0 Å². The van der Waals surface area contributed by atoms with E-state index in [2.05, 4.69) is 17.1 Å². The van der Waals surface area contributed by atoms with E-state index in [9.17, 15) is 0 Å². The molecule has 6 heteroatoms. The molecule has 2 aromatic heterocycles. The number of hydrogen-bond acceptors (Lipinski definition) is 4. The number of aromatic nitrogens is 4. The smallest absolute Gasteiger partial charge is 0.0626 e. The van der Waals surface area contributed by atoms with Crippen LogP contribution < -0.4 is 5.73 Å². The summed E-state index contributed by atoms with van der Waals surface area (Å²) >= 11 is 1.75. The quantitative estimate of drug-likeness (QED) is 0.836. The summed E-state index contributed by atoms with van der Waals surface area (Å²) < 4.78 is 3.62. The average molecular weight is 265 g/mol. The normalized spacial score (nSPS) is 14.7. The standard InChI is InChI=1S/C12H19N5S/c1-4-11(13)12(9-5-14-16(2)7-9)18-10-6-15-17(3)8-10/h5-8,11-12H,4,13H2,1-3H3. The van der Waals surface area contributed by atoms with Gasteiger partial charge in [-0.25, -0.2) is 0 Å². The number of nitrogens with zero attached hydrogens (tertiary/aromatic N) is 4. The van der Waals surface area contributed by atoms with E-state index in [1.54, 1.807) is 16.4 Å². The van der Waals surface area contributed by atoms with E-state index in [1.165, 1.54) is 5.56 Å². The molecule has 0 aromatic carbocycles. The van der Waals surface area contributed by atoms with Crippen LogP contribution in [0.1, 0.15) is 24.2 Å². The second kappa shape index (κ2) is 5.58. The van der Waals surface area contributed by atoms with Crippen molar-refractivity contribution in [3.05, 3.63) is 30.4 Å². The molecule has 2 aromatic rings. The number of nitrogens with two attached hydrogens (primary N) is 1. The van der Waals surface area contributed by atoms with Gasteiger partial charge in [-0.2, -0.15) is 10.2 Å². The van der Waals surface area contributed by atoms with Gasteiger partial charge in [-0.05, 0) is 6.42 Å². The van der Waals surface area contributed by atoms with Crippen molar-refractivity contribution in [2.24, 2.45) is 19.8 Å². The van der Waals surface area contributed by atoms with Gasteiger partial charge in [-0.15, -0.1) is 11.8 Å². The third kappa shape index (κ3) is 2.94. The Morgan fingerprint density at radius 3 is 2.39 bits per heavy atom. The lowest BCUT2D eigenvalue weighted by atomic mass is 10.1. The second-order valence-corrected chi connectivity index (χ2v) is 5.62. The average Bonchev–Trinajstić information content (AvgIpc) is 2.94. The summed E-state index contributed by atoms with van der Waals surface area (Å²) in [6, 6.07) is 0.111. The third-order valence-electron chi connectivity index (χ3n) is 2.86. The Morgan fingerprint density at radius 2 is 1.89 bits per heavy atom. The van der Waals surface area contributed by atoms with Crippen molar-refractivity contribution >= 4 is 11.8 Å². The first-order valence-corrected chi connectivity index (χ1v) is 6.87. The van der Waals surface area contributed by atoms with Crippen LogP contribution in [0.15, 0.2) is 29.7 Å². The van der Waals surface area contributed by atoms with E-state index < -0.39 is 0 Å².